The predicted octanol–water partition coefficient (Wildman–Crippen LogP) is 2.27. The molecule has 1 fully saturated rings. The Morgan fingerprint density at radius 2 is 2.29 bits per heavy atom. The fourth-order valence-electron chi connectivity index (χ4n) is 2.23. The van der Waals surface area contributed by atoms with E-state index in [1.807, 2.05) is 4.90 Å². The molecule has 2 atom stereocenters. The van der Waals surface area contributed by atoms with Crippen molar-refractivity contribution in [2.75, 3.05) is 23.7 Å². The Morgan fingerprint density at radius 3 is 2.88 bits per heavy atom. The molecule has 0 aromatic heterocycles. The molecular formula is C12H16ClFN2O. The van der Waals surface area contributed by atoms with Crippen LogP contribution in [0.3, 0.4) is 0 Å². The Kier molecular flexibility index (Phi) is 3.45. The molecule has 5 heteroatoms. The largest absolute Gasteiger partial charge is 0.397 e. The fourth-order valence-corrected chi connectivity index (χ4v) is 2.38. The van der Waals surface area contributed by atoms with Gasteiger partial charge in [0, 0.05) is 25.1 Å². The first kappa shape index (κ1) is 12.5. The highest BCUT2D eigenvalue weighted by Crippen LogP contribution is 2.33. The molecule has 0 spiro atoms. The van der Waals surface area contributed by atoms with Crippen molar-refractivity contribution in [1.29, 1.82) is 0 Å². The summed E-state index contributed by atoms with van der Waals surface area (Å²) in [6, 6.07) is 2.80. The number of benzene rings is 1. The number of aliphatic hydroxyl groups excluding tert-OH is 1. The second-order valence-corrected chi connectivity index (χ2v) is 4.97. The van der Waals surface area contributed by atoms with Crippen molar-refractivity contribution in [2.24, 2.45) is 5.92 Å². The third-order valence-electron chi connectivity index (χ3n) is 3.32. The molecule has 17 heavy (non-hydrogen) atoms. The maximum atomic E-state index is 13.2. The quantitative estimate of drug-likeness (QED) is 0.800. The first-order valence-corrected chi connectivity index (χ1v) is 6.04. The molecule has 3 nitrogen and oxygen atoms in total. The topological polar surface area (TPSA) is 49.5 Å². The number of halogens is 2. The minimum Gasteiger partial charge on any atom is -0.397 e. The summed E-state index contributed by atoms with van der Waals surface area (Å²) in [7, 11) is 0. The Balaban J connectivity index is 2.22. The van der Waals surface area contributed by atoms with Crippen LogP contribution in [-0.2, 0) is 0 Å². The number of rotatable bonds is 2. The molecule has 0 saturated carbocycles. The average molecular weight is 259 g/mol. The van der Waals surface area contributed by atoms with Crippen LogP contribution in [0.4, 0.5) is 15.8 Å². The van der Waals surface area contributed by atoms with Gasteiger partial charge in [0.15, 0.2) is 0 Å². The molecule has 1 aromatic carbocycles. The third kappa shape index (κ3) is 2.48. The van der Waals surface area contributed by atoms with E-state index in [0.29, 0.717) is 5.69 Å². The van der Waals surface area contributed by atoms with E-state index in [9.17, 15) is 9.50 Å². The van der Waals surface area contributed by atoms with Gasteiger partial charge >= 0.3 is 0 Å². The standard InChI is InChI=1S/C12H16ClFN2O/c1-7(17)8-2-3-16(6-8)12-4-9(13)10(14)5-11(12)15/h4-5,7-8,17H,2-3,6,15H2,1H3. The summed E-state index contributed by atoms with van der Waals surface area (Å²) < 4.78 is 13.2. The number of nitrogens with zero attached hydrogens (tertiary/aromatic N) is 1. The van der Waals surface area contributed by atoms with Crippen LogP contribution in [0.1, 0.15) is 13.3 Å². The van der Waals surface area contributed by atoms with Gasteiger partial charge in [0.05, 0.1) is 22.5 Å². The summed E-state index contributed by atoms with van der Waals surface area (Å²) >= 11 is 5.76. The molecule has 2 unspecified atom stereocenters. The number of nitrogens with two attached hydrogens (primary N) is 1. The van der Waals surface area contributed by atoms with Gasteiger partial charge in [-0.2, -0.15) is 0 Å². The Hall–Kier alpha value is -1.00. The number of aliphatic hydroxyl groups is 1. The van der Waals surface area contributed by atoms with Crippen LogP contribution < -0.4 is 10.6 Å². The average Bonchev–Trinajstić information content (AvgIpc) is 2.72. The van der Waals surface area contributed by atoms with Gasteiger partial charge in [-0.25, -0.2) is 4.39 Å². The Morgan fingerprint density at radius 1 is 1.59 bits per heavy atom. The Bertz CT molecular complexity index is 425. The van der Waals surface area contributed by atoms with Crippen LogP contribution in [0.5, 0.6) is 0 Å². The molecule has 94 valence electrons. The third-order valence-corrected chi connectivity index (χ3v) is 3.61. The zero-order valence-corrected chi connectivity index (χ0v) is 10.4. The van der Waals surface area contributed by atoms with Crippen molar-refractivity contribution < 1.29 is 9.50 Å². The van der Waals surface area contributed by atoms with E-state index in [1.165, 1.54) is 6.07 Å². The lowest BCUT2D eigenvalue weighted by Gasteiger charge is -2.21. The molecule has 3 N–H and O–H groups in total. The molecule has 1 aliphatic rings. The molecule has 2 rings (SSSR count). The van der Waals surface area contributed by atoms with Crippen LogP contribution in [0.25, 0.3) is 0 Å². The lowest BCUT2D eigenvalue weighted by Crippen LogP contribution is -2.24. The molecule has 0 radical (unpaired) electrons. The molecule has 0 aliphatic carbocycles. The van der Waals surface area contributed by atoms with Crippen LogP contribution >= 0.6 is 11.6 Å². The predicted molar refractivity (Wildman–Crippen MR) is 67.8 cm³/mol. The van der Waals surface area contributed by atoms with Gasteiger partial charge in [-0.1, -0.05) is 11.6 Å². The highest BCUT2D eigenvalue weighted by Gasteiger charge is 2.27. The van der Waals surface area contributed by atoms with E-state index in [0.717, 1.165) is 25.2 Å². The van der Waals surface area contributed by atoms with Gasteiger partial charge in [-0.15, -0.1) is 0 Å². The summed E-state index contributed by atoms with van der Waals surface area (Å²) in [4.78, 5) is 2.04. The summed E-state index contributed by atoms with van der Waals surface area (Å²) in [6.07, 6.45) is 0.573. The van der Waals surface area contributed by atoms with E-state index in [1.54, 1.807) is 13.0 Å². The number of nitrogen functional groups attached to an aromatic ring is 1. The second-order valence-electron chi connectivity index (χ2n) is 4.56. The zero-order valence-electron chi connectivity index (χ0n) is 9.66. The molecule has 0 bridgehead atoms. The van der Waals surface area contributed by atoms with Gasteiger partial charge in [0.2, 0.25) is 0 Å². The van der Waals surface area contributed by atoms with Crippen LogP contribution in [-0.4, -0.2) is 24.3 Å². The van der Waals surface area contributed by atoms with Crippen LogP contribution in [0, 0.1) is 11.7 Å². The van der Waals surface area contributed by atoms with E-state index in [-0.39, 0.29) is 17.0 Å². The van der Waals surface area contributed by atoms with Crippen LogP contribution in [0.15, 0.2) is 12.1 Å². The minimum absolute atomic E-state index is 0.0784. The van der Waals surface area contributed by atoms with Gasteiger partial charge < -0.3 is 15.7 Å². The first-order valence-electron chi connectivity index (χ1n) is 5.66. The lowest BCUT2D eigenvalue weighted by molar-refractivity contribution is 0.136. The van der Waals surface area contributed by atoms with Crippen LogP contribution in [0.2, 0.25) is 5.02 Å². The Labute approximate surface area is 105 Å². The fraction of sp³-hybridized carbons (Fsp3) is 0.500. The highest BCUT2D eigenvalue weighted by atomic mass is 35.5. The molecule has 1 aromatic rings. The smallest absolute Gasteiger partial charge is 0.143 e. The minimum atomic E-state index is -0.501. The summed E-state index contributed by atoms with van der Waals surface area (Å²) in [6.45, 7) is 3.32. The number of anilines is 2. The maximum absolute atomic E-state index is 13.2. The highest BCUT2D eigenvalue weighted by molar-refractivity contribution is 6.31. The molecule has 1 aliphatic heterocycles. The van der Waals surface area contributed by atoms with Crippen molar-refractivity contribution >= 4 is 23.0 Å². The summed E-state index contributed by atoms with van der Waals surface area (Å²) in [5, 5.41) is 9.62. The monoisotopic (exact) mass is 258 g/mol. The van der Waals surface area contributed by atoms with E-state index in [2.05, 4.69) is 0 Å². The van der Waals surface area contributed by atoms with Crippen molar-refractivity contribution in [2.45, 2.75) is 19.4 Å². The van der Waals surface area contributed by atoms with Gasteiger partial charge in [0.25, 0.3) is 0 Å². The molecule has 1 saturated heterocycles. The van der Waals surface area contributed by atoms with Crippen molar-refractivity contribution in [3.05, 3.63) is 23.0 Å². The summed E-state index contributed by atoms with van der Waals surface area (Å²) in [5.41, 5.74) is 6.93. The van der Waals surface area contributed by atoms with E-state index in [4.69, 9.17) is 17.3 Å². The van der Waals surface area contributed by atoms with Gasteiger partial charge in [-0.3, -0.25) is 0 Å². The van der Waals surface area contributed by atoms with E-state index < -0.39 is 5.82 Å². The number of hydrogen-bond donors (Lipinski definition) is 2. The second kappa shape index (κ2) is 4.70. The first-order chi connectivity index (χ1) is 7.99. The van der Waals surface area contributed by atoms with Crippen molar-refractivity contribution in [1.82, 2.24) is 0 Å². The zero-order chi connectivity index (χ0) is 12.6. The van der Waals surface area contributed by atoms with E-state index >= 15 is 0 Å². The normalized spacial score (nSPS) is 21.9. The molecule has 0 amide bonds. The lowest BCUT2D eigenvalue weighted by atomic mass is 10.0. The molecule has 1 heterocycles. The van der Waals surface area contributed by atoms with Crippen molar-refractivity contribution in [3.8, 4) is 0 Å². The van der Waals surface area contributed by atoms with Gasteiger partial charge in [-0.05, 0) is 19.4 Å². The van der Waals surface area contributed by atoms with Crippen molar-refractivity contribution in [3.63, 3.8) is 0 Å². The summed E-state index contributed by atoms with van der Waals surface area (Å²) in [5.74, 6) is -0.266. The SMILES string of the molecule is CC(O)C1CCN(c2cc(Cl)c(F)cc2N)C1. The molecular weight excluding hydrogens is 243 g/mol. The van der Waals surface area contributed by atoms with Gasteiger partial charge in [0.1, 0.15) is 5.82 Å². The maximum Gasteiger partial charge on any atom is 0.143 e. The number of hydrogen-bond acceptors (Lipinski definition) is 3.